The number of aliphatic hydroxyl groups excluding tert-OH is 1. The summed E-state index contributed by atoms with van der Waals surface area (Å²) < 4.78 is 0.998. The van der Waals surface area contributed by atoms with Crippen LogP contribution in [0.15, 0.2) is 34.9 Å². The first-order valence-electron chi connectivity index (χ1n) is 4.88. The van der Waals surface area contributed by atoms with E-state index in [0.29, 0.717) is 17.8 Å². The Kier molecular flexibility index (Phi) is 3.26. The van der Waals surface area contributed by atoms with Crippen molar-refractivity contribution in [3.8, 4) is 0 Å². The van der Waals surface area contributed by atoms with Crippen LogP contribution in [0.4, 0.5) is 5.82 Å². The van der Waals surface area contributed by atoms with Gasteiger partial charge in [0.1, 0.15) is 5.82 Å². The van der Waals surface area contributed by atoms with Crippen molar-refractivity contribution in [3.05, 3.63) is 46.1 Å². The van der Waals surface area contributed by atoms with Crippen molar-refractivity contribution in [2.75, 3.05) is 5.73 Å². The van der Waals surface area contributed by atoms with Gasteiger partial charge in [-0.25, -0.2) is 0 Å². The zero-order chi connectivity index (χ0) is 11.5. The highest BCUT2D eigenvalue weighted by molar-refractivity contribution is 9.10. The van der Waals surface area contributed by atoms with Crippen molar-refractivity contribution in [1.82, 2.24) is 10.2 Å². The summed E-state index contributed by atoms with van der Waals surface area (Å²) in [5.74, 6) is 0.419. The summed E-state index contributed by atoms with van der Waals surface area (Å²) in [6, 6.07) is 7.82. The van der Waals surface area contributed by atoms with Gasteiger partial charge < -0.3 is 10.8 Å². The molecule has 0 fully saturated rings. The van der Waals surface area contributed by atoms with Crippen molar-refractivity contribution < 1.29 is 5.11 Å². The monoisotopic (exact) mass is 281 g/mol. The number of aliphatic hydroxyl groups is 1. The van der Waals surface area contributed by atoms with Crippen molar-refractivity contribution in [2.24, 2.45) is 0 Å². The van der Waals surface area contributed by atoms with Gasteiger partial charge in [0.2, 0.25) is 0 Å². The molecule has 0 bridgehead atoms. The van der Waals surface area contributed by atoms with Gasteiger partial charge in [0.05, 0.1) is 12.3 Å². The van der Waals surface area contributed by atoms with Crippen LogP contribution in [0.25, 0.3) is 0 Å². The molecule has 2 aromatic rings. The van der Waals surface area contributed by atoms with Crippen LogP contribution in [0.3, 0.4) is 0 Å². The summed E-state index contributed by atoms with van der Waals surface area (Å²) in [7, 11) is 0. The van der Waals surface area contributed by atoms with Gasteiger partial charge in [-0.05, 0) is 17.7 Å². The van der Waals surface area contributed by atoms with E-state index in [1.807, 2.05) is 24.3 Å². The van der Waals surface area contributed by atoms with Crippen LogP contribution in [0, 0.1) is 0 Å². The fourth-order valence-corrected chi connectivity index (χ4v) is 2.01. The van der Waals surface area contributed by atoms with Crippen LogP contribution >= 0.6 is 15.9 Å². The van der Waals surface area contributed by atoms with E-state index in [1.54, 1.807) is 6.20 Å². The smallest absolute Gasteiger partial charge is 0.124 e. The zero-order valence-electron chi connectivity index (χ0n) is 8.52. The molecular formula is C11H12BrN3O. The number of benzene rings is 1. The number of aromatic amines is 1. The van der Waals surface area contributed by atoms with Crippen LogP contribution in [0.1, 0.15) is 17.2 Å². The summed E-state index contributed by atoms with van der Waals surface area (Å²) in [5.41, 5.74) is 7.32. The molecule has 0 aliphatic rings. The summed E-state index contributed by atoms with van der Waals surface area (Å²) >= 11 is 3.39. The molecule has 4 nitrogen and oxygen atoms in total. The van der Waals surface area contributed by atoms with Gasteiger partial charge in [-0.3, -0.25) is 5.10 Å². The Labute approximate surface area is 102 Å². The minimum Gasteiger partial charge on any atom is -0.388 e. The Balaban J connectivity index is 2.14. The van der Waals surface area contributed by atoms with Gasteiger partial charge in [0.15, 0.2) is 0 Å². The molecule has 1 aromatic carbocycles. The molecule has 1 atom stereocenters. The molecule has 1 aromatic heterocycles. The molecule has 0 aliphatic heterocycles. The molecule has 2 rings (SSSR count). The number of aromatic nitrogens is 2. The van der Waals surface area contributed by atoms with Gasteiger partial charge in [0, 0.05) is 16.5 Å². The maximum Gasteiger partial charge on any atom is 0.124 e. The second-order valence-corrected chi connectivity index (χ2v) is 4.50. The number of anilines is 1. The molecule has 5 heteroatoms. The van der Waals surface area contributed by atoms with Gasteiger partial charge >= 0.3 is 0 Å². The lowest BCUT2D eigenvalue weighted by molar-refractivity contribution is 0.179. The second-order valence-electron chi connectivity index (χ2n) is 3.59. The number of halogens is 1. The number of hydrogen-bond donors (Lipinski definition) is 3. The van der Waals surface area contributed by atoms with Crippen molar-refractivity contribution in [1.29, 1.82) is 0 Å². The Morgan fingerprint density at radius 3 is 2.94 bits per heavy atom. The van der Waals surface area contributed by atoms with Gasteiger partial charge in [-0.2, -0.15) is 5.10 Å². The van der Waals surface area contributed by atoms with E-state index in [4.69, 9.17) is 5.73 Å². The maximum absolute atomic E-state index is 9.98. The van der Waals surface area contributed by atoms with E-state index < -0.39 is 6.10 Å². The highest BCUT2D eigenvalue weighted by Crippen LogP contribution is 2.22. The first kappa shape index (κ1) is 11.2. The molecule has 0 amide bonds. The largest absolute Gasteiger partial charge is 0.388 e. The fourth-order valence-electron chi connectivity index (χ4n) is 1.57. The number of nitrogens with one attached hydrogen (secondary N) is 1. The van der Waals surface area contributed by atoms with Crippen LogP contribution in [0.2, 0.25) is 0 Å². The van der Waals surface area contributed by atoms with E-state index in [1.165, 1.54) is 0 Å². The molecule has 16 heavy (non-hydrogen) atoms. The third-order valence-corrected chi connectivity index (χ3v) is 2.87. The lowest BCUT2D eigenvalue weighted by Crippen LogP contribution is -2.03. The number of nitrogen functional groups attached to an aromatic ring is 1. The van der Waals surface area contributed by atoms with Crippen LogP contribution < -0.4 is 5.73 Å². The molecule has 0 saturated carbocycles. The standard InChI is InChI=1S/C11H12BrN3O/c12-8-3-1-2-7(4-8)5-10(16)9-6-14-15-11(9)13/h1-4,6,10,16H,5H2,(H3,13,14,15). The minimum absolute atomic E-state index is 0.419. The maximum atomic E-state index is 9.98. The molecule has 4 N–H and O–H groups in total. The van der Waals surface area contributed by atoms with Crippen LogP contribution in [0.5, 0.6) is 0 Å². The third-order valence-electron chi connectivity index (χ3n) is 2.38. The molecule has 1 unspecified atom stereocenters. The molecule has 0 radical (unpaired) electrons. The molecule has 1 heterocycles. The van der Waals surface area contributed by atoms with E-state index in [0.717, 1.165) is 10.0 Å². The van der Waals surface area contributed by atoms with Gasteiger partial charge in [-0.1, -0.05) is 28.1 Å². The van der Waals surface area contributed by atoms with Crippen molar-refractivity contribution in [3.63, 3.8) is 0 Å². The predicted octanol–water partition coefficient (Wildman–Crippen LogP) is 2.03. The zero-order valence-corrected chi connectivity index (χ0v) is 10.1. The lowest BCUT2D eigenvalue weighted by atomic mass is 10.0. The van der Waals surface area contributed by atoms with E-state index in [2.05, 4.69) is 26.1 Å². The summed E-state index contributed by atoms with van der Waals surface area (Å²) in [6.07, 6.45) is 1.44. The van der Waals surface area contributed by atoms with E-state index in [-0.39, 0.29) is 0 Å². The third kappa shape index (κ3) is 2.43. The Hall–Kier alpha value is -1.33. The average molecular weight is 282 g/mol. The van der Waals surface area contributed by atoms with Crippen molar-refractivity contribution in [2.45, 2.75) is 12.5 Å². The number of nitrogens with two attached hydrogens (primary N) is 1. The number of rotatable bonds is 3. The SMILES string of the molecule is Nc1[nH]ncc1C(O)Cc1cccc(Br)c1. The van der Waals surface area contributed by atoms with E-state index >= 15 is 0 Å². The topological polar surface area (TPSA) is 74.9 Å². The molecule has 0 spiro atoms. The summed E-state index contributed by atoms with van der Waals surface area (Å²) in [4.78, 5) is 0. The highest BCUT2D eigenvalue weighted by Gasteiger charge is 2.13. The normalized spacial score (nSPS) is 12.6. The Bertz CT molecular complexity index is 484. The summed E-state index contributed by atoms with van der Waals surface area (Å²) in [5, 5.41) is 16.4. The quantitative estimate of drug-likeness (QED) is 0.806. The second kappa shape index (κ2) is 4.67. The number of hydrogen-bond acceptors (Lipinski definition) is 3. The molecule has 84 valence electrons. The average Bonchev–Trinajstić information content (AvgIpc) is 2.64. The molecule has 0 saturated heterocycles. The summed E-state index contributed by atoms with van der Waals surface area (Å²) in [6.45, 7) is 0. The molecular weight excluding hydrogens is 270 g/mol. The Morgan fingerprint density at radius 2 is 2.31 bits per heavy atom. The first-order chi connectivity index (χ1) is 7.66. The lowest BCUT2D eigenvalue weighted by Gasteiger charge is -2.09. The molecule has 0 aliphatic carbocycles. The fraction of sp³-hybridized carbons (Fsp3) is 0.182. The van der Waals surface area contributed by atoms with Crippen LogP contribution in [-0.4, -0.2) is 15.3 Å². The van der Waals surface area contributed by atoms with Crippen LogP contribution in [-0.2, 0) is 6.42 Å². The highest BCUT2D eigenvalue weighted by atomic mass is 79.9. The van der Waals surface area contributed by atoms with Gasteiger partial charge in [-0.15, -0.1) is 0 Å². The minimum atomic E-state index is -0.631. The first-order valence-corrected chi connectivity index (χ1v) is 5.67. The Morgan fingerprint density at radius 1 is 1.50 bits per heavy atom. The predicted molar refractivity (Wildman–Crippen MR) is 65.8 cm³/mol. The number of H-pyrrole nitrogens is 1. The van der Waals surface area contributed by atoms with E-state index in [9.17, 15) is 5.11 Å². The number of nitrogens with zero attached hydrogens (tertiary/aromatic N) is 1. The van der Waals surface area contributed by atoms with Crippen molar-refractivity contribution >= 4 is 21.7 Å². The van der Waals surface area contributed by atoms with Gasteiger partial charge in [0.25, 0.3) is 0 Å².